The number of carboxylic acids is 1. The molecule has 0 spiro atoms. The predicted octanol–water partition coefficient (Wildman–Crippen LogP) is 3.37. The summed E-state index contributed by atoms with van der Waals surface area (Å²) in [5.74, 6) is -0.803. The molecule has 3 aromatic carbocycles. The molecule has 0 aromatic heterocycles. The summed E-state index contributed by atoms with van der Waals surface area (Å²) in [6, 6.07) is 20.8. The Morgan fingerprint density at radius 1 is 0.867 bits per heavy atom. The molecule has 0 saturated carbocycles. The zero-order valence-electron chi connectivity index (χ0n) is 16.6. The summed E-state index contributed by atoms with van der Waals surface area (Å²) >= 11 is 0. The van der Waals surface area contributed by atoms with Gasteiger partial charge in [0.05, 0.1) is 4.90 Å². The Morgan fingerprint density at radius 3 is 2.20 bits per heavy atom. The Hall–Kier alpha value is -2.90. The van der Waals surface area contributed by atoms with Gasteiger partial charge < -0.3 is 10.0 Å². The maximum absolute atomic E-state index is 13.1. The van der Waals surface area contributed by atoms with E-state index in [4.69, 9.17) is 5.11 Å². The van der Waals surface area contributed by atoms with Crippen LogP contribution in [-0.4, -0.2) is 50.0 Å². The Kier molecular flexibility index (Phi) is 5.74. The average Bonchev–Trinajstić information content (AvgIpc) is 2.78. The van der Waals surface area contributed by atoms with Gasteiger partial charge in [0.2, 0.25) is 10.0 Å². The van der Waals surface area contributed by atoms with Crippen LogP contribution in [0.25, 0.3) is 10.8 Å². The van der Waals surface area contributed by atoms with Crippen molar-refractivity contribution in [3.63, 3.8) is 0 Å². The monoisotopic (exact) mass is 424 g/mol. The Balaban J connectivity index is 1.42. The summed E-state index contributed by atoms with van der Waals surface area (Å²) in [6.45, 7) is 2.08. The molecule has 0 bridgehead atoms. The zero-order chi connectivity index (χ0) is 21.1. The lowest BCUT2D eigenvalue weighted by Gasteiger charge is -2.35. The second-order valence-electron chi connectivity index (χ2n) is 7.46. The van der Waals surface area contributed by atoms with Crippen LogP contribution in [0, 0.1) is 0 Å². The molecule has 30 heavy (non-hydrogen) atoms. The van der Waals surface area contributed by atoms with Crippen molar-refractivity contribution in [2.24, 2.45) is 0 Å². The van der Waals surface area contributed by atoms with Crippen LogP contribution in [0.4, 0.5) is 5.69 Å². The van der Waals surface area contributed by atoms with Gasteiger partial charge in [-0.05, 0) is 47.0 Å². The van der Waals surface area contributed by atoms with Crippen LogP contribution in [0.3, 0.4) is 0 Å². The van der Waals surface area contributed by atoms with Crippen LogP contribution in [0.1, 0.15) is 12.0 Å². The van der Waals surface area contributed by atoms with Gasteiger partial charge in [-0.1, -0.05) is 42.5 Å². The number of aryl methyl sites for hydroxylation is 1. The fraction of sp³-hybridized carbons (Fsp3) is 0.261. The molecule has 1 aliphatic rings. The molecule has 0 radical (unpaired) electrons. The summed E-state index contributed by atoms with van der Waals surface area (Å²) in [5, 5.41) is 10.7. The molecule has 1 aliphatic heterocycles. The molecule has 0 amide bonds. The maximum Gasteiger partial charge on any atom is 0.303 e. The van der Waals surface area contributed by atoms with Gasteiger partial charge in [0.1, 0.15) is 0 Å². The Labute approximate surface area is 176 Å². The summed E-state index contributed by atoms with van der Waals surface area (Å²) in [7, 11) is -3.53. The van der Waals surface area contributed by atoms with E-state index in [0.717, 1.165) is 22.0 Å². The zero-order valence-corrected chi connectivity index (χ0v) is 17.4. The van der Waals surface area contributed by atoms with E-state index in [0.29, 0.717) is 37.5 Å². The number of piperazine rings is 1. The minimum absolute atomic E-state index is 0.116. The summed E-state index contributed by atoms with van der Waals surface area (Å²) in [6.07, 6.45) is 0.623. The van der Waals surface area contributed by atoms with Crippen molar-refractivity contribution in [3.05, 3.63) is 72.3 Å². The van der Waals surface area contributed by atoms with Crippen LogP contribution in [0.2, 0.25) is 0 Å². The van der Waals surface area contributed by atoms with E-state index < -0.39 is 16.0 Å². The lowest BCUT2D eigenvalue weighted by Crippen LogP contribution is -2.48. The van der Waals surface area contributed by atoms with E-state index >= 15 is 0 Å². The quantitative estimate of drug-likeness (QED) is 0.657. The third kappa shape index (κ3) is 4.32. The van der Waals surface area contributed by atoms with Crippen molar-refractivity contribution in [3.8, 4) is 0 Å². The van der Waals surface area contributed by atoms with Crippen LogP contribution >= 0.6 is 0 Å². The second kappa shape index (κ2) is 8.45. The maximum atomic E-state index is 13.1. The number of carboxylic acid groups (broad SMARTS) is 1. The molecule has 156 valence electrons. The lowest BCUT2D eigenvalue weighted by molar-refractivity contribution is -0.136. The highest BCUT2D eigenvalue weighted by Crippen LogP contribution is 2.24. The van der Waals surface area contributed by atoms with Crippen molar-refractivity contribution >= 4 is 32.5 Å². The SMILES string of the molecule is O=C(O)CCc1ccc(N2CCN(S(=O)(=O)c3ccc4ccccc4c3)CC2)cc1. The average molecular weight is 425 g/mol. The number of hydrogen-bond acceptors (Lipinski definition) is 4. The predicted molar refractivity (Wildman–Crippen MR) is 117 cm³/mol. The topological polar surface area (TPSA) is 77.9 Å². The molecule has 4 rings (SSSR count). The molecule has 6 nitrogen and oxygen atoms in total. The first kappa shape index (κ1) is 20.4. The molecular formula is C23H24N2O4S. The fourth-order valence-electron chi connectivity index (χ4n) is 3.79. The van der Waals surface area contributed by atoms with Crippen LogP contribution in [0.5, 0.6) is 0 Å². The molecule has 1 saturated heterocycles. The number of anilines is 1. The van der Waals surface area contributed by atoms with E-state index in [1.165, 1.54) is 0 Å². The molecular weight excluding hydrogens is 400 g/mol. The first-order valence-corrected chi connectivity index (χ1v) is 11.4. The van der Waals surface area contributed by atoms with Crippen molar-refractivity contribution in [2.45, 2.75) is 17.7 Å². The van der Waals surface area contributed by atoms with E-state index in [-0.39, 0.29) is 6.42 Å². The third-order valence-electron chi connectivity index (χ3n) is 5.53. The number of rotatable bonds is 6. The minimum atomic E-state index is -3.53. The van der Waals surface area contributed by atoms with Gasteiger partial charge >= 0.3 is 5.97 Å². The number of fused-ring (bicyclic) bond motifs is 1. The largest absolute Gasteiger partial charge is 0.481 e. The van der Waals surface area contributed by atoms with Crippen LogP contribution in [-0.2, 0) is 21.2 Å². The summed E-state index contributed by atoms with van der Waals surface area (Å²) in [4.78, 5) is 13.2. The standard InChI is InChI=1S/C23H24N2O4S/c26-23(27)12-7-18-5-9-21(10-6-18)24-13-15-25(16-14-24)30(28,29)22-11-8-19-3-1-2-4-20(19)17-22/h1-6,8-11,17H,7,12-16H2,(H,26,27). The highest BCUT2D eigenvalue weighted by atomic mass is 32.2. The normalized spacial score (nSPS) is 15.4. The number of sulfonamides is 1. The molecule has 7 heteroatoms. The van der Waals surface area contributed by atoms with Crippen molar-refractivity contribution < 1.29 is 18.3 Å². The Bertz CT molecular complexity index is 1150. The minimum Gasteiger partial charge on any atom is -0.481 e. The summed E-state index contributed by atoms with van der Waals surface area (Å²) < 4.78 is 27.8. The van der Waals surface area contributed by atoms with E-state index in [1.54, 1.807) is 16.4 Å². The van der Waals surface area contributed by atoms with E-state index in [2.05, 4.69) is 4.90 Å². The lowest BCUT2D eigenvalue weighted by atomic mass is 10.1. The fourth-order valence-corrected chi connectivity index (χ4v) is 5.25. The van der Waals surface area contributed by atoms with Gasteiger partial charge in [0.25, 0.3) is 0 Å². The molecule has 1 heterocycles. The van der Waals surface area contributed by atoms with Crippen molar-refractivity contribution in [2.75, 3.05) is 31.1 Å². The number of nitrogens with zero attached hydrogens (tertiary/aromatic N) is 2. The highest BCUT2D eigenvalue weighted by molar-refractivity contribution is 7.89. The van der Waals surface area contributed by atoms with E-state index in [9.17, 15) is 13.2 Å². The number of hydrogen-bond donors (Lipinski definition) is 1. The van der Waals surface area contributed by atoms with Crippen LogP contribution in [0.15, 0.2) is 71.6 Å². The smallest absolute Gasteiger partial charge is 0.303 e. The highest BCUT2D eigenvalue weighted by Gasteiger charge is 2.28. The first-order chi connectivity index (χ1) is 14.4. The van der Waals surface area contributed by atoms with Gasteiger partial charge in [-0.2, -0.15) is 4.31 Å². The van der Waals surface area contributed by atoms with Crippen molar-refractivity contribution in [1.29, 1.82) is 0 Å². The van der Waals surface area contributed by atoms with Gasteiger partial charge in [0.15, 0.2) is 0 Å². The number of benzene rings is 3. The molecule has 3 aromatic rings. The second-order valence-corrected chi connectivity index (χ2v) is 9.40. The molecule has 1 fully saturated rings. The molecule has 0 unspecified atom stereocenters. The van der Waals surface area contributed by atoms with Crippen LogP contribution < -0.4 is 4.90 Å². The number of carbonyl (C=O) groups is 1. The third-order valence-corrected chi connectivity index (χ3v) is 7.42. The molecule has 0 aliphatic carbocycles. The van der Waals surface area contributed by atoms with Gasteiger partial charge in [-0.15, -0.1) is 0 Å². The van der Waals surface area contributed by atoms with Gasteiger partial charge in [0, 0.05) is 38.3 Å². The first-order valence-electron chi connectivity index (χ1n) is 9.98. The van der Waals surface area contributed by atoms with E-state index in [1.807, 2.05) is 54.6 Å². The molecule has 1 N–H and O–H groups in total. The summed E-state index contributed by atoms with van der Waals surface area (Å²) in [5.41, 5.74) is 2.01. The van der Waals surface area contributed by atoms with Crippen molar-refractivity contribution in [1.82, 2.24) is 4.31 Å². The number of aliphatic carboxylic acids is 1. The molecule has 0 atom stereocenters. The van der Waals surface area contributed by atoms with Gasteiger partial charge in [-0.3, -0.25) is 4.79 Å². The Morgan fingerprint density at radius 2 is 1.53 bits per heavy atom. The van der Waals surface area contributed by atoms with Gasteiger partial charge in [-0.25, -0.2) is 8.42 Å².